The van der Waals surface area contributed by atoms with Crippen LogP contribution in [-0.4, -0.2) is 33.5 Å². The van der Waals surface area contributed by atoms with E-state index >= 15 is 0 Å². The monoisotopic (exact) mass is 457 g/mol. The molecule has 33 heavy (non-hydrogen) atoms. The largest absolute Gasteiger partial charge is 0.416 e. The van der Waals surface area contributed by atoms with Crippen molar-refractivity contribution in [3.8, 4) is 0 Å². The zero-order valence-corrected chi connectivity index (χ0v) is 17.8. The van der Waals surface area contributed by atoms with Gasteiger partial charge in [-0.1, -0.05) is 17.7 Å². The predicted octanol–water partition coefficient (Wildman–Crippen LogP) is 3.82. The van der Waals surface area contributed by atoms with Crippen molar-refractivity contribution in [1.29, 1.82) is 0 Å². The standard InChI is InChI=1S/C23H22F3N5O2/c1-14-5-6-18-17(11-14)20-21(30-18)22(33)31(13-29-20)10-7-19(32)28-9-8-27-16-4-2-3-15(12-16)23(24,25)26/h2-6,11-13,27,30H,7-10H2,1H3,(H,28,32). The molecule has 4 rings (SSSR count). The summed E-state index contributed by atoms with van der Waals surface area (Å²) in [5.41, 5.74) is 2.20. The number of anilines is 1. The fraction of sp³-hybridized carbons (Fsp3) is 0.261. The number of amides is 1. The first-order chi connectivity index (χ1) is 15.7. The molecular formula is C23H22F3N5O2. The summed E-state index contributed by atoms with van der Waals surface area (Å²) in [6, 6.07) is 10.7. The molecular weight excluding hydrogens is 435 g/mol. The van der Waals surface area contributed by atoms with E-state index in [-0.39, 0.29) is 37.5 Å². The molecule has 7 nitrogen and oxygen atoms in total. The number of rotatable bonds is 7. The van der Waals surface area contributed by atoms with Crippen molar-refractivity contribution in [3.63, 3.8) is 0 Å². The fourth-order valence-electron chi connectivity index (χ4n) is 3.59. The highest BCUT2D eigenvalue weighted by Crippen LogP contribution is 2.30. The third kappa shape index (κ3) is 5.00. The number of aromatic amines is 1. The molecule has 2 heterocycles. The first-order valence-electron chi connectivity index (χ1n) is 10.4. The number of alkyl halides is 3. The third-order valence-electron chi connectivity index (χ3n) is 5.27. The number of carbonyl (C=O) groups is 1. The zero-order chi connectivity index (χ0) is 23.6. The van der Waals surface area contributed by atoms with Gasteiger partial charge in [-0.05, 0) is 37.3 Å². The molecule has 0 radical (unpaired) electrons. The Balaban J connectivity index is 1.31. The van der Waals surface area contributed by atoms with Crippen LogP contribution in [0.5, 0.6) is 0 Å². The van der Waals surface area contributed by atoms with Gasteiger partial charge in [0.25, 0.3) is 5.56 Å². The number of halogens is 3. The zero-order valence-electron chi connectivity index (χ0n) is 17.8. The Morgan fingerprint density at radius 1 is 1.15 bits per heavy atom. The average molecular weight is 457 g/mol. The van der Waals surface area contributed by atoms with Crippen LogP contribution in [0.1, 0.15) is 17.5 Å². The number of H-pyrrole nitrogens is 1. The van der Waals surface area contributed by atoms with Crippen molar-refractivity contribution in [2.24, 2.45) is 0 Å². The molecule has 4 aromatic rings. The van der Waals surface area contributed by atoms with E-state index < -0.39 is 11.7 Å². The van der Waals surface area contributed by atoms with Gasteiger partial charge in [0.05, 0.1) is 11.9 Å². The van der Waals surface area contributed by atoms with Gasteiger partial charge in [-0.15, -0.1) is 0 Å². The quantitative estimate of drug-likeness (QED) is 0.368. The Hall–Kier alpha value is -3.82. The third-order valence-corrected chi connectivity index (χ3v) is 5.27. The summed E-state index contributed by atoms with van der Waals surface area (Å²) in [6.07, 6.45) is -2.91. The highest BCUT2D eigenvalue weighted by Gasteiger charge is 2.30. The smallest absolute Gasteiger partial charge is 0.383 e. The first kappa shape index (κ1) is 22.4. The summed E-state index contributed by atoms with van der Waals surface area (Å²) in [7, 11) is 0. The second-order valence-electron chi connectivity index (χ2n) is 7.75. The van der Waals surface area contributed by atoms with Crippen LogP contribution in [0.2, 0.25) is 0 Å². The lowest BCUT2D eigenvalue weighted by Gasteiger charge is -2.11. The molecule has 0 spiro atoms. The van der Waals surface area contributed by atoms with Crippen molar-refractivity contribution >= 4 is 33.5 Å². The summed E-state index contributed by atoms with van der Waals surface area (Å²) in [5, 5.41) is 6.41. The van der Waals surface area contributed by atoms with E-state index in [0.29, 0.717) is 16.7 Å². The van der Waals surface area contributed by atoms with E-state index in [2.05, 4.69) is 20.6 Å². The van der Waals surface area contributed by atoms with Crippen LogP contribution in [0.15, 0.2) is 53.6 Å². The van der Waals surface area contributed by atoms with Crippen LogP contribution < -0.4 is 16.2 Å². The molecule has 0 aliphatic heterocycles. The molecule has 0 fully saturated rings. The van der Waals surface area contributed by atoms with Gasteiger partial charge in [-0.2, -0.15) is 13.2 Å². The van der Waals surface area contributed by atoms with Crippen LogP contribution in [0, 0.1) is 6.92 Å². The lowest BCUT2D eigenvalue weighted by Crippen LogP contribution is -2.31. The summed E-state index contributed by atoms with van der Waals surface area (Å²) >= 11 is 0. The van der Waals surface area contributed by atoms with Crippen LogP contribution in [0.3, 0.4) is 0 Å². The average Bonchev–Trinajstić information content (AvgIpc) is 3.14. The number of aryl methyl sites for hydroxylation is 2. The van der Waals surface area contributed by atoms with E-state index in [1.54, 1.807) is 0 Å². The molecule has 172 valence electrons. The molecule has 0 atom stereocenters. The van der Waals surface area contributed by atoms with Gasteiger partial charge in [0.1, 0.15) is 11.0 Å². The van der Waals surface area contributed by atoms with Crippen LogP contribution in [-0.2, 0) is 17.5 Å². The lowest BCUT2D eigenvalue weighted by molar-refractivity contribution is -0.137. The molecule has 0 aliphatic carbocycles. The molecule has 0 saturated heterocycles. The topological polar surface area (TPSA) is 91.8 Å². The maximum Gasteiger partial charge on any atom is 0.416 e. The maximum atomic E-state index is 12.8. The van der Waals surface area contributed by atoms with E-state index in [0.717, 1.165) is 28.6 Å². The van der Waals surface area contributed by atoms with Crippen LogP contribution in [0.4, 0.5) is 18.9 Å². The molecule has 1 amide bonds. The Morgan fingerprint density at radius 3 is 2.76 bits per heavy atom. The number of carbonyl (C=O) groups excluding carboxylic acids is 1. The number of benzene rings is 2. The molecule has 2 aromatic heterocycles. The fourth-order valence-corrected chi connectivity index (χ4v) is 3.59. The van der Waals surface area contributed by atoms with E-state index in [4.69, 9.17) is 0 Å². The minimum atomic E-state index is -4.41. The molecule has 0 bridgehead atoms. The maximum absolute atomic E-state index is 12.8. The Kier molecular flexibility index (Phi) is 6.08. The summed E-state index contributed by atoms with van der Waals surface area (Å²) in [5.74, 6) is -0.278. The number of hydrogen-bond acceptors (Lipinski definition) is 4. The minimum Gasteiger partial charge on any atom is -0.383 e. The second-order valence-corrected chi connectivity index (χ2v) is 7.75. The summed E-state index contributed by atoms with van der Waals surface area (Å²) in [6.45, 7) is 2.61. The summed E-state index contributed by atoms with van der Waals surface area (Å²) in [4.78, 5) is 32.4. The molecule has 2 aromatic carbocycles. The normalized spacial score (nSPS) is 11.8. The highest BCUT2D eigenvalue weighted by molar-refractivity contribution is 6.04. The number of hydrogen-bond donors (Lipinski definition) is 3. The van der Waals surface area contributed by atoms with Crippen molar-refractivity contribution in [3.05, 3.63) is 70.3 Å². The van der Waals surface area contributed by atoms with E-state index in [1.807, 2.05) is 25.1 Å². The van der Waals surface area contributed by atoms with Gasteiger partial charge in [-0.3, -0.25) is 14.2 Å². The van der Waals surface area contributed by atoms with Crippen molar-refractivity contribution in [2.45, 2.75) is 26.1 Å². The van der Waals surface area contributed by atoms with Gasteiger partial charge in [0.2, 0.25) is 5.91 Å². The van der Waals surface area contributed by atoms with Crippen molar-refractivity contribution < 1.29 is 18.0 Å². The molecule has 10 heteroatoms. The van der Waals surface area contributed by atoms with Crippen molar-refractivity contribution in [2.75, 3.05) is 18.4 Å². The van der Waals surface area contributed by atoms with Gasteiger partial charge in [0.15, 0.2) is 0 Å². The molecule has 0 aliphatic rings. The Morgan fingerprint density at radius 2 is 1.97 bits per heavy atom. The number of aromatic nitrogens is 3. The van der Waals surface area contributed by atoms with Crippen LogP contribution >= 0.6 is 0 Å². The Labute approximate surface area is 186 Å². The lowest BCUT2D eigenvalue weighted by atomic mass is 10.2. The predicted molar refractivity (Wildman–Crippen MR) is 120 cm³/mol. The molecule has 3 N–H and O–H groups in total. The number of fused-ring (bicyclic) bond motifs is 3. The van der Waals surface area contributed by atoms with E-state index in [1.165, 1.54) is 23.0 Å². The van der Waals surface area contributed by atoms with Gasteiger partial charge in [-0.25, -0.2) is 4.98 Å². The van der Waals surface area contributed by atoms with Gasteiger partial charge >= 0.3 is 6.18 Å². The van der Waals surface area contributed by atoms with Crippen molar-refractivity contribution in [1.82, 2.24) is 19.9 Å². The number of nitrogens with zero attached hydrogens (tertiary/aromatic N) is 2. The molecule has 0 saturated carbocycles. The SMILES string of the molecule is Cc1ccc2[nH]c3c(=O)n(CCC(=O)NCCNc4cccc(C(F)(F)F)c4)cnc3c2c1. The van der Waals surface area contributed by atoms with Gasteiger partial charge in [0, 0.05) is 42.6 Å². The number of nitrogens with one attached hydrogen (secondary N) is 3. The highest BCUT2D eigenvalue weighted by atomic mass is 19.4. The summed E-state index contributed by atoms with van der Waals surface area (Å²) < 4.78 is 39.6. The van der Waals surface area contributed by atoms with E-state index in [9.17, 15) is 22.8 Å². The second kappa shape index (κ2) is 8.97. The minimum absolute atomic E-state index is 0.0655. The first-order valence-corrected chi connectivity index (χ1v) is 10.4. The van der Waals surface area contributed by atoms with Crippen LogP contribution in [0.25, 0.3) is 21.9 Å². The molecule has 0 unspecified atom stereocenters. The van der Waals surface area contributed by atoms with Gasteiger partial charge < -0.3 is 15.6 Å². The Bertz CT molecular complexity index is 1370.